The molecule has 0 heterocycles. The van der Waals surface area contributed by atoms with Gasteiger partial charge in [0.25, 0.3) is 0 Å². The molecule has 0 aliphatic carbocycles. The Labute approximate surface area is 317 Å². The monoisotopic (exact) mass is 727 g/mol. The highest BCUT2D eigenvalue weighted by Gasteiger charge is 2.14. The van der Waals surface area contributed by atoms with Gasteiger partial charge in [0.05, 0.1) is 0 Å². The number of unbranched alkanes of at least 4 members (excludes halogenated alkanes) is 16. The minimum Gasteiger partial charge on any atom is -0.353 e. The van der Waals surface area contributed by atoms with Gasteiger partial charge < -0.3 is 33.2 Å². The summed E-state index contributed by atoms with van der Waals surface area (Å²) < 4.78 is 42.9. The summed E-state index contributed by atoms with van der Waals surface area (Å²) in [6.07, 6.45) is 34.8. The molecule has 0 N–H and O–H groups in total. The first-order chi connectivity index (χ1) is 25.1. The molecule has 0 radical (unpaired) electrons. The normalized spacial score (nSPS) is 13.5. The maximum atomic E-state index is 6.25. The minimum atomic E-state index is -0.492. The van der Waals surface area contributed by atoms with Gasteiger partial charge in [-0.25, -0.2) is 0 Å². The number of ether oxygens (including phenoxy) is 7. The van der Waals surface area contributed by atoms with Gasteiger partial charge in [0.2, 0.25) is 0 Å². The van der Waals surface area contributed by atoms with Gasteiger partial charge in [-0.3, -0.25) is 0 Å². The molecule has 0 saturated heterocycles. The van der Waals surface area contributed by atoms with Crippen molar-refractivity contribution in [2.45, 2.75) is 221 Å². The zero-order chi connectivity index (χ0) is 37.3. The summed E-state index contributed by atoms with van der Waals surface area (Å²) in [6.45, 7) is 17.1. The highest BCUT2D eigenvalue weighted by Crippen LogP contribution is 2.15. The van der Waals surface area contributed by atoms with Crippen molar-refractivity contribution in [2.24, 2.45) is 0 Å². The molecule has 0 aliphatic rings. The molecule has 0 aliphatic heterocycles. The van der Waals surface area contributed by atoms with Crippen molar-refractivity contribution in [3.8, 4) is 0 Å². The summed E-state index contributed by atoms with van der Waals surface area (Å²) in [5.74, 6) is 0. The summed E-state index contributed by atoms with van der Waals surface area (Å²) in [5, 5.41) is 0. The predicted molar refractivity (Wildman–Crippen MR) is 215 cm³/mol. The zero-order valence-electron chi connectivity index (χ0n) is 34.7. The van der Waals surface area contributed by atoms with Crippen LogP contribution in [0, 0.1) is 0 Å². The molecular weight excluding hydrogens is 640 g/mol. The zero-order valence-corrected chi connectivity index (χ0v) is 34.7. The smallest absolute Gasteiger partial charge is 0.180 e. The van der Waals surface area contributed by atoms with Gasteiger partial charge in [-0.05, 0) is 64.5 Å². The molecule has 2 unspecified atom stereocenters. The van der Waals surface area contributed by atoms with E-state index in [1.807, 2.05) is 26.0 Å². The molecule has 0 amide bonds. The topological polar surface area (TPSA) is 64.6 Å². The van der Waals surface area contributed by atoms with Crippen LogP contribution in [0.25, 0.3) is 0 Å². The van der Waals surface area contributed by atoms with Gasteiger partial charge in [-0.1, -0.05) is 143 Å². The van der Waals surface area contributed by atoms with Crippen LogP contribution >= 0.6 is 0 Å². The summed E-state index contributed by atoms with van der Waals surface area (Å²) in [5.41, 5.74) is 0. The quantitative estimate of drug-likeness (QED) is 0.0352. The van der Waals surface area contributed by atoms with Crippen molar-refractivity contribution in [1.29, 1.82) is 0 Å². The minimum absolute atomic E-state index is 0.170. The third kappa shape index (κ3) is 36.0. The Hall–Kier alpha value is -0.800. The van der Waals surface area contributed by atoms with Gasteiger partial charge in [-0.2, -0.15) is 0 Å². The summed E-state index contributed by atoms with van der Waals surface area (Å²) in [4.78, 5) is 0. The van der Waals surface area contributed by atoms with E-state index in [0.717, 1.165) is 77.8 Å². The maximum Gasteiger partial charge on any atom is 0.180 e. The van der Waals surface area contributed by atoms with Crippen LogP contribution in [0.3, 0.4) is 0 Å². The number of rotatable bonds is 42. The first-order valence-corrected chi connectivity index (χ1v) is 21.8. The molecular formula is C44H86O7. The summed E-state index contributed by atoms with van der Waals surface area (Å²) in [7, 11) is 0. The van der Waals surface area contributed by atoms with E-state index >= 15 is 0 Å². The van der Waals surface area contributed by atoms with E-state index in [-0.39, 0.29) is 12.6 Å². The molecule has 0 aromatic heterocycles. The molecule has 304 valence electrons. The van der Waals surface area contributed by atoms with Crippen LogP contribution in [0.2, 0.25) is 0 Å². The lowest BCUT2D eigenvalue weighted by molar-refractivity contribution is -0.204. The summed E-state index contributed by atoms with van der Waals surface area (Å²) >= 11 is 0. The lowest BCUT2D eigenvalue weighted by atomic mass is 10.2. The molecule has 0 rings (SSSR count). The van der Waals surface area contributed by atoms with E-state index in [9.17, 15) is 0 Å². The Morgan fingerprint density at radius 3 is 0.922 bits per heavy atom. The second kappa shape index (κ2) is 41.9. The predicted octanol–water partition coefficient (Wildman–Crippen LogP) is 13.0. The maximum absolute atomic E-state index is 6.25. The Kier molecular flexibility index (Phi) is 41.3. The SMILES string of the molecule is CCCCCCCOC(CCC=CC(OCC)OC(C=CCCC(OCCCCCCC)OCCCCCCC)OCC)OCCCCCCC. The Morgan fingerprint density at radius 1 is 0.353 bits per heavy atom. The van der Waals surface area contributed by atoms with E-state index in [0.29, 0.717) is 13.2 Å². The highest BCUT2D eigenvalue weighted by molar-refractivity contribution is 4.90. The molecule has 0 bridgehead atoms. The van der Waals surface area contributed by atoms with Crippen LogP contribution in [0.4, 0.5) is 0 Å². The van der Waals surface area contributed by atoms with Crippen LogP contribution in [0.15, 0.2) is 24.3 Å². The lowest BCUT2D eigenvalue weighted by Gasteiger charge is -2.21. The van der Waals surface area contributed by atoms with Crippen molar-refractivity contribution >= 4 is 0 Å². The molecule has 7 nitrogen and oxygen atoms in total. The van der Waals surface area contributed by atoms with E-state index in [4.69, 9.17) is 33.2 Å². The number of allylic oxidation sites excluding steroid dienone is 2. The fourth-order valence-electron chi connectivity index (χ4n) is 5.73. The van der Waals surface area contributed by atoms with Crippen LogP contribution in [-0.2, 0) is 33.2 Å². The fourth-order valence-corrected chi connectivity index (χ4v) is 5.73. The highest BCUT2D eigenvalue weighted by atomic mass is 16.8. The summed E-state index contributed by atoms with van der Waals surface area (Å²) in [6, 6.07) is 0. The van der Waals surface area contributed by atoms with Gasteiger partial charge in [0, 0.05) is 52.5 Å². The molecule has 0 aromatic carbocycles. The molecule has 0 aromatic rings. The third-order valence-electron chi connectivity index (χ3n) is 8.86. The van der Waals surface area contributed by atoms with Crippen LogP contribution in [-0.4, -0.2) is 64.8 Å². The molecule has 0 spiro atoms. The van der Waals surface area contributed by atoms with Gasteiger partial charge in [-0.15, -0.1) is 0 Å². The van der Waals surface area contributed by atoms with Crippen molar-refractivity contribution in [3.05, 3.63) is 24.3 Å². The standard InChI is InChI=1S/C44H86O7/c1-7-13-17-21-29-37-47-41(48-38-30-22-18-14-8-2)33-25-27-35-43(45-11-5)51-44(46-12-6)36-28-26-34-42(49-39-31-23-19-15-9-3)50-40-32-24-20-16-10-4/h27-28,35-36,41-44H,7-26,29-34,37-40H2,1-6H3. The van der Waals surface area contributed by atoms with Gasteiger partial charge in [0.15, 0.2) is 25.2 Å². The lowest BCUT2D eigenvalue weighted by Crippen LogP contribution is -2.24. The van der Waals surface area contributed by atoms with E-state index in [2.05, 4.69) is 39.8 Å². The third-order valence-corrected chi connectivity index (χ3v) is 8.86. The number of hydrogen-bond acceptors (Lipinski definition) is 7. The van der Waals surface area contributed by atoms with Gasteiger partial charge in [0.1, 0.15) is 0 Å². The van der Waals surface area contributed by atoms with Crippen LogP contribution in [0.1, 0.15) is 196 Å². The van der Waals surface area contributed by atoms with Crippen LogP contribution in [0.5, 0.6) is 0 Å². The second-order valence-electron chi connectivity index (χ2n) is 13.8. The van der Waals surface area contributed by atoms with E-state index in [1.165, 1.54) is 103 Å². The van der Waals surface area contributed by atoms with E-state index in [1.54, 1.807) is 0 Å². The molecule has 7 heteroatoms. The van der Waals surface area contributed by atoms with E-state index < -0.39 is 12.6 Å². The largest absolute Gasteiger partial charge is 0.353 e. The molecule has 0 saturated carbocycles. The Morgan fingerprint density at radius 2 is 0.647 bits per heavy atom. The average molecular weight is 727 g/mol. The molecule has 0 fully saturated rings. The van der Waals surface area contributed by atoms with Crippen LogP contribution < -0.4 is 0 Å². The Balaban J connectivity index is 4.96. The average Bonchev–Trinajstić information content (AvgIpc) is 3.13. The molecule has 51 heavy (non-hydrogen) atoms. The van der Waals surface area contributed by atoms with Crippen molar-refractivity contribution in [3.63, 3.8) is 0 Å². The van der Waals surface area contributed by atoms with Crippen molar-refractivity contribution in [2.75, 3.05) is 39.6 Å². The second-order valence-corrected chi connectivity index (χ2v) is 13.8. The van der Waals surface area contributed by atoms with Crippen molar-refractivity contribution in [1.82, 2.24) is 0 Å². The fraction of sp³-hybridized carbons (Fsp3) is 0.909. The first-order valence-electron chi connectivity index (χ1n) is 21.8. The first kappa shape index (κ1) is 50.2. The Bertz CT molecular complexity index is 626. The molecule has 2 atom stereocenters. The van der Waals surface area contributed by atoms with Crippen molar-refractivity contribution < 1.29 is 33.2 Å². The number of hydrogen-bond donors (Lipinski definition) is 0. The van der Waals surface area contributed by atoms with Gasteiger partial charge >= 0.3 is 0 Å².